The second-order valence-corrected chi connectivity index (χ2v) is 7.33. The molecular weight excluding hydrogens is 443 g/mol. The van der Waals surface area contributed by atoms with E-state index in [4.69, 9.17) is 4.74 Å². The van der Waals surface area contributed by atoms with Gasteiger partial charge in [-0.2, -0.15) is 0 Å². The molecule has 26 heavy (non-hydrogen) atoms. The fraction of sp³-hybridized carbons (Fsp3) is 0.947. The topological polar surface area (TPSA) is 69.1 Å². The molecule has 0 saturated carbocycles. The highest BCUT2D eigenvalue weighted by Crippen LogP contribution is 2.18. The van der Waals surface area contributed by atoms with E-state index < -0.39 is 6.10 Å². The summed E-state index contributed by atoms with van der Waals surface area (Å²) in [5.41, 5.74) is 0. The number of nitrogens with zero attached hydrogens (tertiary/aromatic N) is 2. The molecule has 1 rings (SSSR count). The van der Waals surface area contributed by atoms with E-state index in [-0.39, 0.29) is 24.0 Å². The summed E-state index contributed by atoms with van der Waals surface area (Å²) in [7, 11) is 0. The van der Waals surface area contributed by atoms with Crippen molar-refractivity contribution in [2.75, 3.05) is 45.9 Å². The molecule has 1 fully saturated rings. The monoisotopic (exact) mass is 484 g/mol. The summed E-state index contributed by atoms with van der Waals surface area (Å²) in [6, 6.07) is 0.731. The van der Waals surface area contributed by atoms with E-state index in [0.717, 1.165) is 31.6 Å². The van der Waals surface area contributed by atoms with E-state index in [9.17, 15) is 5.11 Å². The average molecular weight is 484 g/mol. The molecule has 0 aromatic heterocycles. The summed E-state index contributed by atoms with van der Waals surface area (Å²) in [4.78, 5) is 7.07. The second kappa shape index (κ2) is 15.9. The van der Waals surface area contributed by atoms with E-state index in [1.807, 2.05) is 0 Å². The van der Waals surface area contributed by atoms with Gasteiger partial charge >= 0.3 is 0 Å². The van der Waals surface area contributed by atoms with Gasteiger partial charge in [-0.15, -0.1) is 24.0 Å². The van der Waals surface area contributed by atoms with E-state index >= 15 is 0 Å². The van der Waals surface area contributed by atoms with Gasteiger partial charge in [0.1, 0.15) is 0 Å². The van der Waals surface area contributed by atoms with Gasteiger partial charge in [0.15, 0.2) is 5.96 Å². The predicted molar refractivity (Wildman–Crippen MR) is 121 cm³/mol. The highest BCUT2D eigenvalue weighted by Gasteiger charge is 2.19. The maximum atomic E-state index is 9.98. The SMILES string of the molecule is CCNC(=NCC(O)COCC(C)C)NCCN1CCCCC1CC.I. The van der Waals surface area contributed by atoms with Crippen LogP contribution < -0.4 is 10.6 Å². The van der Waals surface area contributed by atoms with Crippen LogP contribution in [0.3, 0.4) is 0 Å². The molecule has 7 heteroatoms. The Kier molecular flexibility index (Phi) is 15.8. The number of piperidine rings is 1. The first kappa shape index (κ1) is 25.9. The van der Waals surface area contributed by atoms with Crippen LogP contribution in [-0.4, -0.2) is 74.0 Å². The normalized spacial score (nSPS) is 19.9. The summed E-state index contributed by atoms with van der Waals surface area (Å²) in [6.45, 7) is 13.8. The number of nitrogens with one attached hydrogen (secondary N) is 2. The van der Waals surface area contributed by atoms with Crippen LogP contribution in [0.4, 0.5) is 0 Å². The van der Waals surface area contributed by atoms with Gasteiger partial charge in [-0.25, -0.2) is 0 Å². The Balaban J connectivity index is 0.00000625. The summed E-state index contributed by atoms with van der Waals surface area (Å²) in [5, 5.41) is 16.6. The number of rotatable bonds is 11. The largest absolute Gasteiger partial charge is 0.389 e. The molecular formula is C19H41IN4O2. The van der Waals surface area contributed by atoms with Crippen LogP contribution in [0.2, 0.25) is 0 Å². The van der Waals surface area contributed by atoms with E-state index in [2.05, 4.69) is 48.2 Å². The molecule has 0 bridgehead atoms. The van der Waals surface area contributed by atoms with Gasteiger partial charge < -0.3 is 20.5 Å². The Morgan fingerprint density at radius 2 is 2.00 bits per heavy atom. The van der Waals surface area contributed by atoms with Crippen LogP contribution in [0, 0.1) is 5.92 Å². The van der Waals surface area contributed by atoms with Gasteiger partial charge in [0.25, 0.3) is 0 Å². The number of ether oxygens (including phenoxy) is 1. The van der Waals surface area contributed by atoms with Crippen LogP contribution >= 0.6 is 24.0 Å². The van der Waals surface area contributed by atoms with E-state index in [1.54, 1.807) is 0 Å². The lowest BCUT2D eigenvalue weighted by molar-refractivity contribution is 0.0301. The number of halogens is 1. The minimum atomic E-state index is -0.555. The van der Waals surface area contributed by atoms with Gasteiger partial charge in [-0.05, 0) is 38.6 Å². The third-order valence-electron chi connectivity index (χ3n) is 4.48. The minimum absolute atomic E-state index is 0. The molecule has 0 aliphatic carbocycles. The van der Waals surface area contributed by atoms with Crippen molar-refractivity contribution in [3.63, 3.8) is 0 Å². The van der Waals surface area contributed by atoms with E-state index in [1.165, 1.54) is 32.2 Å². The van der Waals surface area contributed by atoms with Crippen molar-refractivity contribution < 1.29 is 9.84 Å². The zero-order valence-corrected chi connectivity index (χ0v) is 19.5. The summed E-state index contributed by atoms with van der Waals surface area (Å²) in [5.74, 6) is 1.26. The molecule has 0 spiro atoms. The molecule has 156 valence electrons. The number of aliphatic hydroxyl groups excluding tert-OH is 1. The fourth-order valence-corrected chi connectivity index (χ4v) is 3.17. The number of hydrogen-bond acceptors (Lipinski definition) is 4. The molecule has 0 aromatic carbocycles. The lowest BCUT2D eigenvalue weighted by Crippen LogP contribution is -2.46. The molecule has 0 aromatic rings. The average Bonchev–Trinajstić information content (AvgIpc) is 2.59. The smallest absolute Gasteiger partial charge is 0.191 e. The molecule has 1 aliphatic heterocycles. The lowest BCUT2D eigenvalue weighted by atomic mass is 10.0. The Hall–Kier alpha value is -0.120. The molecule has 1 aliphatic rings. The first-order valence-electron chi connectivity index (χ1n) is 10.1. The van der Waals surface area contributed by atoms with Gasteiger partial charge in [-0.3, -0.25) is 9.89 Å². The van der Waals surface area contributed by atoms with E-state index in [0.29, 0.717) is 25.7 Å². The zero-order valence-electron chi connectivity index (χ0n) is 17.2. The van der Waals surface area contributed by atoms with Gasteiger partial charge in [0.2, 0.25) is 0 Å². The van der Waals surface area contributed by atoms with Crippen molar-refractivity contribution >= 4 is 29.9 Å². The Labute approximate surface area is 177 Å². The summed E-state index contributed by atoms with van der Waals surface area (Å²) >= 11 is 0. The molecule has 1 heterocycles. The number of hydrogen-bond donors (Lipinski definition) is 3. The zero-order chi connectivity index (χ0) is 18.5. The first-order chi connectivity index (χ1) is 12.1. The molecule has 2 unspecified atom stereocenters. The summed E-state index contributed by atoms with van der Waals surface area (Å²) in [6.07, 6.45) is 4.68. The van der Waals surface area contributed by atoms with Gasteiger partial charge in [-0.1, -0.05) is 27.2 Å². The molecule has 0 radical (unpaired) electrons. The molecule has 2 atom stereocenters. The summed E-state index contributed by atoms with van der Waals surface area (Å²) < 4.78 is 5.47. The van der Waals surface area contributed by atoms with Crippen molar-refractivity contribution in [1.29, 1.82) is 0 Å². The lowest BCUT2D eigenvalue weighted by Gasteiger charge is -2.35. The van der Waals surface area contributed by atoms with Crippen molar-refractivity contribution in [3.05, 3.63) is 0 Å². The van der Waals surface area contributed by atoms with Gasteiger partial charge in [0.05, 0.1) is 19.3 Å². The quantitative estimate of drug-likeness (QED) is 0.239. The molecule has 0 amide bonds. The van der Waals surface area contributed by atoms with Crippen LogP contribution in [-0.2, 0) is 4.74 Å². The van der Waals surface area contributed by atoms with Crippen LogP contribution in [0.1, 0.15) is 53.4 Å². The van der Waals surface area contributed by atoms with Crippen molar-refractivity contribution in [2.45, 2.75) is 65.5 Å². The number of aliphatic imine (C=N–C) groups is 1. The minimum Gasteiger partial charge on any atom is -0.389 e. The number of guanidine groups is 1. The maximum absolute atomic E-state index is 9.98. The predicted octanol–water partition coefficient (Wildman–Crippen LogP) is 2.46. The molecule has 3 N–H and O–H groups in total. The third kappa shape index (κ3) is 11.6. The first-order valence-corrected chi connectivity index (χ1v) is 10.1. The number of aliphatic hydroxyl groups is 1. The van der Waals surface area contributed by atoms with Crippen molar-refractivity contribution in [3.8, 4) is 0 Å². The Morgan fingerprint density at radius 1 is 1.23 bits per heavy atom. The number of likely N-dealkylation sites (tertiary alicyclic amines) is 1. The third-order valence-corrected chi connectivity index (χ3v) is 4.48. The maximum Gasteiger partial charge on any atom is 0.191 e. The van der Waals surface area contributed by atoms with Crippen LogP contribution in [0.15, 0.2) is 4.99 Å². The fourth-order valence-electron chi connectivity index (χ4n) is 3.17. The highest BCUT2D eigenvalue weighted by atomic mass is 127. The molecule has 6 nitrogen and oxygen atoms in total. The van der Waals surface area contributed by atoms with Crippen molar-refractivity contribution in [2.24, 2.45) is 10.9 Å². The van der Waals surface area contributed by atoms with Crippen molar-refractivity contribution in [1.82, 2.24) is 15.5 Å². The van der Waals surface area contributed by atoms with Crippen LogP contribution in [0.25, 0.3) is 0 Å². The Morgan fingerprint density at radius 3 is 2.65 bits per heavy atom. The highest BCUT2D eigenvalue weighted by molar-refractivity contribution is 14.0. The second-order valence-electron chi connectivity index (χ2n) is 7.33. The van der Waals surface area contributed by atoms with Gasteiger partial charge in [0, 0.05) is 32.3 Å². The standard InChI is InChI=1S/C19H40N4O2.HI/c1-5-17-9-7-8-11-23(17)12-10-21-19(20-6-2)22-13-18(24)15-25-14-16(3)4;/h16-18,24H,5-15H2,1-4H3,(H2,20,21,22);1H. The Bertz CT molecular complexity index is 369. The van der Waals surface area contributed by atoms with Crippen LogP contribution in [0.5, 0.6) is 0 Å². The molecule has 1 saturated heterocycles.